The Labute approximate surface area is 87.6 Å². The zero-order valence-corrected chi connectivity index (χ0v) is 10.0. The minimum absolute atomic E-state index is 0.739. The molecule has 0 aromatic rings. The lowest BCUT2D eigenvalue weighted by molar-refractivity contribution is 0.539. The number of nitrogens with one attached hydrogen (secondary N) is 2. The van der Waals surface area contributed by atoms with Gasteiger partial charge in [0.25, 0.3) is 0 Å². The summed E-state index contributed by atoms with van der Waals surface area (Å²) in [6.45, 7) is 10.4. The first-order valence-corrected chi connectivity index (χ1v) is 5.23. The zero-order chi connectivity index (χ0) is 11.0. The Morgan fingerprint density at radius 3 is 2.43 bits per heavy atom. The number of rotatable bonds is 6. The molecule has 2 N–H and O–H groups in total. The van der Waals surface area contributed by atoms with Crippen LogP contribution in [0.3, 0.4) is 0 Å². The number of hydrogen-bond donors (Lipinski definition) is 2. The van der Waals surface area contributed by atoms with E-state index in [9.17, 15) is 0 Å². The normalized spacial score (nSPS) is 11.4. The van der Waals surface area contributed by atoms with Crippen LogP contribution >= 0.6 is 0 Å². The number of hydrazone groups is 1. The lowest BCUT2D eigenvalue weighted by Crippen LogP contribution is -2.27. The van der Waals surface area contributed by atoms with Crippen molar-refractivity contribution in [2.45, 2.75) is 47.5 Å². The molecule has 0 radical (unpaired) electrons. The Hall–Kier alpha value is -0.990. The molecule has 14 heavy (non-hydrogen) atoms. The van der Waals surface area contributed by atoms with Crippen LogP contribution in [0.1, 0.15) is 47.5 Å². The van der Waals surface area contributed by atoms with Crippen molar-refractivity contribution in [1.29, 1.82) is 0 Å². The number of nitrogens with zero attached hydrogens (tertiary/aromatic N) is 1. The van der Waals surface area contributed by atoms with Crippen molar-refractivity contribution < 1.29 is 0 Å². The van der Waals surface area contributed by atoms with Crippen molar-refractivity contribution in [2.24, 2.45) is 11.0 Å². The maximum atomic E-state index is 4.05. The maximum Gasteiger partial charge on any atom is 0.0336 e. The van der Waals surface area contributed by atoms with Crippen LogP contribution in [0.4, 0.5) is 0 Å². The lowest BCUT2D eigenvalue weighted by Gasteiger charge is -2.11. The number of hydrazine groups is 1. The van der Waals surface area contributed by atoms with Gasteiger partial charge in [0.15, 0.2) is 0 Å². The average molecular weight is 197 g/mol. The van der Waals surface area contributed by atoms with Crippen LogP contribution in [0.15, 0.2) is 16.9 Å². The fourth-order valence-electron chi connectivity index (χ4n) is 0.935. The van der Waals surface area contributed by atoms with Gasteiger partial charge < -0.3 is 0 Å². The second kappa shape index (κ2) is 7.42. The summed E-state index contributed by atoms with van der Waals surface area (Å²) in [7, 11) is 0. The smallest absolute Gasteiger partial charge is 0.0336 e. The molecule has 0 rings (SSSR count). The standard InChI is InChI=1S/C11H23N3/c1-6-11(8-7-9(2)3)13-14-12-10(4)5/h6,9,13-14H,7-8H2,1-5H3/b11-6-. The third-order valence-electron chi connectivity index (χ3n) is 1.84. The molecule has 0 bridgehead atoms. The van der Waals surface area contributed by atoms with Gasteiger partial charge in [-0.05, 0) is 39.5 Å². The molecule has 0 fully saturated rings. The van der Waals surface area contributed by atoms with E-state index in [1.807, 2.05) is 20.8 Å². The van der Waals surface area contributed by atoms with E-state index >= 15 is 0 Å². The van der Waals surface area contributed by atoms with Crippen LogP contribution in [0.2, 0.25) is 0 Å². The summed E-state index contributed by atoms with van der Waals surface area (Å²) in [4.78, 5) is 0. The van der Waals surface area contributed by atoms with E-state index < -0.39 is 0 Å². The molecule has 0 saturated carbocycles. The quantitative estimate of drug-likeness (QED) is 0.507. The predicted molar refractivity (Wildman–Crippen MR) is 62.9 cm³/mol. The van der Waals surface area contributed by atoms with E-state index in [0.717, 1.165) is 18.1 Å². The molecule has 3 nitrogen and oxygen atoms in total. The van der Waals surface area contributed by atoms with Gasteiger partial charge in [0.2, 0.25) is 0 Å². The van der Waals surface area contributed by atoms with Gasteiger partial charge in [-0.15, -0.1) is 0 Å². The Morgan fingerprint density at radius 2 is 2.00 bits per heavy atom. The first kappa shape index (κ1) is 13.0. The molecule has 0 saturated heterocycles. The second-order valence-electron chi connectivity index (χ2n) is 4.04. The van der Waals surface area contributed by atoms with Crippen LogP contribution < -0.4 is 11.0 Å². The summed E-state index contributed by atoms with van der Waals surface area (Å²) in [5.41, 5.74) is 8.12. The van der Waals surface area contributed by atoms with E-state index in [-0.39, 0.29) is 0 Å². The molecule has 0 spiro atoms. The largest absolute Gasteiger partial charge is 0.290 e. The highest BCUT2D eigenvalue weighted by Crippen LogP contribution is 2.08. The average Bonchev–Trinajstić information content (AvgIpc) is 2.10. The van der Waals surface area contributed by atoms with E-state index in [1.54, 1.807) is 0 Å². The van der Waals surface area contributed by atoms with Gasteiger partial charge in [0.1, 0.15) is 0 Å². The predicted octanol–water partition coefficient (Wildman–Crippen LogP) is 2.82. The second-order valence-corrected chi connectivity index (χ2v) is 4.04. The third kappa shape index (κ3) is 7.65. The molecule has 0 atom stereocenters. The Morgan fingerprint density at radius 1 is 1.36 bits per heavy atom. The monoisotopic (exact) mass is 197 g/mol. The molecular formula is C11H23N3. The van der Waals surface area contributed by atoms with Crippen LogP contribution in [0.25, 0.3) is 0 Å². The SMILES string of the molecule is C/C=C(/CCC(C)C)NNN=C(C)C. The van der Waals surface area contributed by atoms with Gasteiger partial charge in [-0.2, -0.15) is 5.10 Å². The van der Waals surface area contributed by atoms with Gasteiger partial charge in [-0.25, -0.2) is 5.53 Å². The van der Waals surface area contributed by atoms with Gasteiger partial charge in [-0.1, -0.05) is 19.9 Å². The Balaban J connectivity index is 3.76. The van der Waals surface area contributed by atoms with Crippen molar-refractivity contribution in [3.05, 3.63) is 11.8 Å². The van der Waals surface area contributed by atoms with Crippen molar-refractivity contribution in [3.63, 3.8) is 0 Å². The molecular weight excluding hydrogens is 174 g/mol. The highest BCUT2D eigenvalue weighted by molar-refractivity contribution is 5.78. The minimum atomic E-state index is 0.739. The van der Waals surface area contributed by atoms with Crippen molar-refractivity contribution in [2.75, 3.05) is 0 Å². The first-order valence-electron chi connectivity index (χ1n) is 5.23. The highest BCUT2D eigenvalue weighted by Gasteiger charge is 1.97. The topological polar surface area (TPSA) is 36.4 Å². The van der Waals surface area contributed by atoms with Crippen molar-refractivity contribution in [3.8, 4) is 0 Å². The van der Waals surface area contributed by atoms with Crippen molar-refractivity contribution in [1.82, 2.24) is 11.0 Å². The maximum absolute atomic E-state index is 4.05. The van der Waals surface area contributed by atoms with Gasteiger partial charge in [0.05, 0.1) is 0 Å². The summed E-state index contributed by atoms with van der Waals surface area (Å²) in [5.74, 6) is 0.739. The molecule has 0 aliphatic heterocycles. The molecule has 0 aromatic carbocycles. The molecule has 0 unspecified atom stereocenters. The fourth-order valence-corrected chi connectivity index (χ4v) is 0.935. The van der Waals surface area contributed by atoms with Gasteiger partial charge in [0, 0.05) is 11.4 Å². The lowest BCUT2D eigenvalue weighted by atomic mass is 10.1. The first-order chi connectivity index (χ1) is 6.56. The summed E-state index contributed by atoms with van der Waals surface area (Å²) in [6, 6.07) is 0. The van der Waals surface area contributed by atoms with E-state index in [2.05, 4.69) is 36.0 Å². The molecule has 0 heterocycles. The summed E-state index contributed by atoms with van der Waals surface area (Å²) in [6.07, 6.45) is 4.35. The van der Waals surface area contributed by atoms with E-state index in [1.165, 1.54) is 12.1 Å². The fraction of sp³-hybridized carbons (Fsp3) is 0.727. The zero-order valence-electron chi connectivity index (χ0n) is 10.0. The van der Waals surface area contributed by atoms with Crippen LogP contribution in [0, 0.1) is 5.92 Å². The van der Waals surface area contributed by atoms with Gasteiger partial charge >= 0.3 is 0 Å². The summed E-state index contributed by atoms with van der Waals surface area (Å²) >= 11 is 0. The molecule has 3 heteroatoms. The Kier molecular flexibility index (Phi) is 6.89. The van der Waals surface area contributed by atoms with E-state index in [4.69, 9.17) is 0 Å². The number of allylic oxidation sites excluding steroid dienone is 2. The van der Waals surface area contributed by atoms with E-state index in [0.29, 0.717) is 0 Å². The molecule has 0 amide bonds. The molecule has 0 aliphatic carbocycles. The van der Waals surface area contributed by atoms with Crippen molar-refractivity contribution >= 4 is 5.71 Å². The highest BCUT2D eigenvalue weighted by atomic mass is 15.6. The summed E-state index contributed by atoms with van der Waals surface area (Å²) in [5, 5.41) is 4.05. The Bertz CT molecular complexity index is 201. The van der Waals surface area contributed by atoms with Crippen LogP contribution in [-0.2, 0) is 0 Å². The molecule has 0 aromatic heterocycles. The van der Waals surface area contributed by atoms with Crippen LogP contribution in [0.5, 0.6) is 0 Å². The molecule has 0 aliphatic rings. The molecule has 82 valence electrons. The number of hydrogen-bond acceptors (Lipinski definition) is 3. The van der Waals surface area contributed by atoms with Gasteiger partial charge in [-0.3, -0.25) is 5.43 Å². The third-order valence-corrected chi connectivity index (χ3v) is 1.84. The summed E-state index contributed by atoms with van der Waals surface area (Å²) < 4.78 is 0. The minimum Gasteiger partial charge on any atom is -0.290 e. The van der Waals surface area contributed by atoms with Crippen LogP contribution in [-0.4, -0.2) is 5.71 Å².